The molecule has 0 unspecified atom stereocenters. The minimum Gasteiger partial charge on any atom is -0.330 e. The molecule has 0 bridgehead atoms. The smallest absolute Gasteiger partial charge is 0.330 e. The second-order valence-corrected chi connectivity index (χ2v) is 4.89. The Kier molecular flexibility index (Phi) is 3.08. The molecule has 0 saturated heterocycles. The molecule has 2 rings (SSSR count). The number of hydrogen-bond donors (Lipinski definition) is 1. The van der Waals surface area contributed by atoms with E-state index < -0.39 is 41.7 Å². The van der Waals surface area contributed by atoms with Crippen molar-refractivity contribution in [1.82, 2.24) is 0 Å². The van der Waals surface area contributed by atoms with Crippen molar-refractivity contribution >= 4 is 0 Å². The molecule has 7 heteroatoms. The summed E-state index contributed by atoms with van der Waals surface area (Å²) in [6.07, 6.45) is -5.94. The van der Waals surface area contributed by atoms with Crippen LogP contribution >= 0.6 is 0 Å². The molecule has 1 nitrogen and oxygen atoms in total. The van der Waals surface area contributed by atoms with Crippen LogP contribution in [0, 0.1) is 5.82 Å². The molecular formula is C12H11F6N. The van der Waals surface area contributed by atoms with Crippen LogP contribution in [0.4, 0.5) is 26.3 Å². The molecular weight excluding hydrogens is 272 g/mol. The van der Waals surface area contributed by atoms with Crippen LogP contribution in [0.5, 0.6) is 0 Å². The molecule has 1 fully saturated rings. The molecule has 0 amide bonds. The number of rotatable bonds is 2. The lowest BCUT2D eigenvalue weighted by atomic mass is 9.62. The summed E-state index contributed by atoms with van der Waals surface area (Å²) in [5.41, 5.74) is 2.97. The van der Waals surface area contributed by atoms with E-state index in [0.717, 1.165) is 6.07 Å². The molecule has 1 aromatic rings. The SMILES string of the molecule is NCC1(c2ccc(C(F)(F)F)c(F)c2)CC(F)(F)C1. The van der Waals surface area contributed by atoms with Gasteiger partial charge >= 0.3 is 6.18 Å². The summed E-state index contributed by atoms with van der Waals surface area (Å²) in [7, 11) is 0. The fourth-order valence-corrected chi connectivity index (χ4v) is 2.48. The van der Waals surface area contributed by atoms with Gasteiger partial charge in [0.15, 0.2) is 0 Å². The van der Waals surface area contributed by atoms with E-state index in [1.807, 2.05) is 0 Å². The zero-order valence-corrected chi connectivity index (χ0v) is 9.70. The van der Waals surface area contributed by atoms with E-state index in [2.05, 4.69) is 0 Å². The highest BCUT2D eigenvalue weighted by Crippen LogP contribution is 2.53. The van der Waals surface area contributed by atoms with Crippen molar-refractivity contribution < 1.29 is 26.3 Å². The maximum absolute atomic E-state index is 13.4. The van der Waals surface area contributed by atoms with Gasteiger partial charge in [0.25, 0.3) is 0 Å². The average Bonchev–Trinajstić information content (AvgIpc) is 2.23. The molecule has 0 radical (unpaired) electrons. The summed E-state index contributed by atoms with van der Waals surface area (Å²) in [6.45, 7) is -0.159. The van der Waals surface area contributed by atoms with Gasteiger partial charge < -0.3 is 5.73 Å². The molecule has 106 valence electrons. The highest BCUT2D eigenvalue weighted by molar-refractivity contribution is 5.35. The van der Waals surface area contributed by atoms with Gasteiger partial charge in [-0.1, -0.05) is 6.07 Å². The number of alkyl halides is 5. The van der Waals surface area contributed by atoms with Crippen LogP contribution in [0.25, 0.3) is 0 Å². The van der Waals surface area contributed by atoms with Gasteiger partial charge in [0.1, 0.15) is 5.82 Å². The summed E-state index contributed by atoms with van der Waals surface area (Å²) < 4.78 is 76.5. The van der Waals surface area contributed by atoms with Crippen molar-refractivity contribution in [2.45, 2.75) is 30.4 Å². The highest BCUT2D eigenvalue weighted by atomic mass is 19.4. The lowest BCUT2D eigenvalue weighted by Gasteiger charge is -2.47. The van der Waals surface area contributed by atoms with Crippen molar-refractivity contribution in [1.29, 1.82) is 0 Å². The maximum Gasteiger partial charge on any atom is 0.419 e. The minimum atomic E-state index is -4.80. The monoisotopic (exact) mass is 283 g/mol. The van der Waals surface area contributed by atoms with Crippen molar-refractivity contribution in [3.8, 4) is 0 Å². The van der Waals surface area contributed by atoms with Gasteiger partial charge in [0.05, 0.1) is 5.56 Å². The van der Waals surface area contributed by atoms with E-state index in [1.165, 1.54) is 0 Å². The van der Waals surface area contributed by atoms with Gasteiger partial charge in [0.2, 0.25) is 5.92 Å². The fourth-order valence-electron chi connectivity index (χ4n) is 2.48. The van der Waals surface area contributed by atoms with E-state index in [0.29, 0.717) is 12.1 Å². The van der Waals surface area contributed by atoms with Crippen LogP contribution < -0.4 is 5.73 Å². The normalized spacial score (nSPS) is 21.0. The molecule has 1 aliphatic carbocycles. The first-order valence-electron chi connectivity index (χ1n) is 5.55. The van der Waals surface area contributed by atoms with Crippen molar-refractivity contribution in [3.05, 3.63) is 35.1 Å². The lowest BCUT2D eigenvalue weighted by molar-refractivity contribution is -0.140. The maximum atomic E-state index is 13.4. The zero-order valence-electron chi connectivity index (χ0n) is 9.70. The van der Waals surface area contributed by atoms with E-state index in [1.54, 1.807) is 0 Å². The van der Waals surface area contributed by atoms with Crippen LogP contribution in [-0.4, -0.2) is 12.5 Å². The average molecular weight is 283 g/mol. The van der Waals surface area contributed by atoms with Gasteiger partial charge in [-0.15, -0.1) is 0 Å². The van der Waals surface area contributed by atoms with Gasteiger partial charge in [-0.3, -0.25) is 0 Å². The summed E-state index contributed by atoms with van der Waals surface area (Å²) >= 11 is 0. The van der Waals surface area contributed by atoms with E-state index in [9.17, 15) is 26.3 Å². The fraction of sp³-hybridized carbons (Fsp3) is 0.500. The number of benzene rings is 1. The number of halogens is 6. The molecule has 1 aliphatic rings. The lowest BCUT2D eigenvalue weighted by Crippen LogP contribution is -2.53. The molecule has 19 heavy (non-hydrogen) atoms. The topological polar surface area (TPSA) is 26.0 Å². The molecule has 0 aliphatic heterocycles. The standard InChI is InChI=1S/C12H11F6N/c13-9-3-7(1-2-8(9)12(16,17)18)10(6-19)4-11(14,15)5-10/h1-3H,4-6,19H2. The van der Waals surface area contributed by atoms with E-state index in [4.69, 9.17) is 5.73 Å². The molecule has 0 spiro atoms. The highest BCUT2D eigenvalue weighted by Gasteiger charge is 2.56. The minimum absolute atomic E-state index is 0.0893. The predicted molar refractivity (Wildman–Crippen MR) is 56.3 cm³/mol. The van der Waals surface area contributed by atoms with E-state index >= 15 is 0 Å². The Hall–Kier alpha value is -1.24. The Morgan fingerprint density at radius 2 is 1.74 bits per heavy atom. The van der Waals surface area contributed by atoms with Crippen molar-refractivity contribution in [2.24, 2.45) is 5.73 Å². The Morgan fingerprint density at radius 3 is 2.11 bits per heavy atom. The summed E-state index contributed by atoms with van der Waals surface area (Å²) in [6, 6.07) is 2.25. The van der Waals surface area contributed by atoms with E-state index in [-0.39, 0.29) is 12.1 Å². The van der Waals surface area contributed by atoms with Gasteiger partial charge in [-0.2, -0.15) is 13.2 Å². The summed E-state index contributed by atoms with van der Waals surface area (Å²) in [5.74, 6) is -4.36. The Bertz CT molecular complexity index is 485. The predicted octanol–water partition coefficient (Wildman–Crippen LogP) is 3.47. The van der Waals surface area contributed by atoms with Crippen LogP contribution in [0.2, 0.25) is 0 Å². The van der Waals surface area contributed by atoms with Crippen molar-refractivity contribution in [2.75, 3.05) is 6.54 Å². The third-order valence-electron chi connectivity index (χ3n) is 3.47. The first-order valence-corrected chi connectivity index (χ1v) is 5.55. The summed E-state index contributed by atoms with van der Waals surface area (Å²) in [4.78, 5) is 0. The molecule has 0 heterocycles. The Labute approximate surface area is 105 Å². The van der Waals surface area contributed by atoms with Crippen LogP contribution in [0.1, 0.15) is 24.0 Å². The second kappa shape index (κ2) is 4.13. The molecule has 2 N–H and O–H groups in total. The largest absolute Gasteiger partial charge is 0.419 e. The Morgan fingerprint density at radius 1 is 1.16 bits per heavy atom. The van der Waals surface area contributed by atoms with Gasteiger partial charge in [-0.05, 0) is 17.7 Å². The summed E-state index contributed by atoms with van der Waals surface area (Å²) in [5, 5.41) is 0. The van der Waals surface area contributed by atoms with Crippen LogP contribution in [0.3, 0.4) is 0 Å². The zero-order chi connectivity index (χ0) is 14.5. The third-order valence-corrected chi connectivity index (χ3v) is 3.47. The van der Waals surface area contributed by atoms with Gasteiger partial charge in [-0.25, -0.2) is 13.2 Å². The second-order valence-electron chi connectivity index (χ2n) is 4.89. The van der Waals surface area contributed by atoms with Crippen LogP contribution in [-0.2, 0) is 11.6 Å². The van der Waals surface area contributed by atoms with Crippen LogP contribution in [0.15, 0.2) is 18.2 Å². The molecule has 1 saturated carbocycles. The molecule has 1 aromatic carbocycles. The Balaban J connectivity index is 2.35. The quantitative estimate of drug-likeness (QED) is 0.826. The number of hydrogen-bond acceptors (Lipinski definition) is 1. The third kappa shape index (κ3) is 2.43. The molecule has 0 atom stereocenters. The van der Waals surface area contributed by atoms with Crippen molar-refractivity contribution in [3.63, 3.8) is 0 Å². The first-order chi connectivity index (χ1) is 8.60. The first kappa shape index (κ1) is 14.2. The van der Waals surface area contributed by atoms with Gasteiger partial charge in [0, 0.05) is 24.8 Å². The number of nitrogens with two attached hydrogens (primary N) is 1. The molecule has 0 aromatic heterocycles.